The Balaban J connectivity index is 1.63. The van der Waals surface area contributed by atoms with Gasteiger partial charge >= 0.3 is 0 Å². The molecule has 6 heteroatoms. The molecule has 1 aromatic carbocycles. The molecule has 0 bridgehead atoms. The van der Waals surface area contributed by atoms with Gasteiger partial charge in [0.15, 0.2) is 0 Å². The third-order valence-electron chi connectivity index (χ3n) is 4.20. The summed E-state index contributed by atoms with van der Waals surface area (Å²) in [6.45, 7) is 3.59. The van der Waals surface area contributed by atoms with E-state index in [2.05, 4.69) is 26.1 Å². The summed E-state index contributed by atoms with van der Waals surface area (Å²) in [6, 6.07) is 7.85. The van der Waals surface area contributed by atoms with Gasteiger partial charge in [-0.2, -0.15) is 4.98 Å². The molecular weight excluding hydrogens is 358 g/mol. The zero-order valence-corrected chi connectivity index (χ0v) is 14.8. The molecule has 2 heterocycles. The molecule has 0 saturated carbocycles. The van der Waals surface area contributed by atoms with Crippen LogP contribution in [0.25, 0.3) is 11.4 Å². The Labute approximate surface area is 144 Å². The minimum Gasteiger partial charge on any atom is -0.343 e. The Morgan fingerprint density at radius 3 is 2.65 bits per heavy atom. The number of rotatable bonds is 4. The topological polar surface area (TPSA) is 59.2 Å². The first kappa shape index (κ1) is 16.2. The van der Waals surface area contributed by atoms with Crippen molar-refractivity contribution in [2.75, 3.05) is 13.1 Å². The van der Waals surface area contributed by atoms with E-state index in [1.54, 1.807) is 0 Å². The predicted molar refractivity (Wildman–Crippen MR) is 90.9 cm³/mol. The summed E-state index contributed by atoms with van der Waals surface area (Å²) >= 11 is 3.42. The normalized spacial score (nSPS) is 15.8. The number of aromatic nitrogens is 2. The van der Waals surface area contributed by atoms with E-state index >= 15 is 0 Å². The molecule has 3 rings (SSSR count). The molecule has 1 aliphatic heterocycles. The van der Waals surface area contributed by atoms with Crippen molar-refractivity contribution in [3.63, 3.8) is 0 Å². The summed E-state index contributed by atoms with van der Waals surface area (Å²) in [5.74, 6) is 1.81. The van der Waals surface area contributed by atoms with Gasteiger partial charge in [-0.15, -0.1) is 0 Å². The summed E-state index contributed by atoms with van der Waals surface area (Å²) in [5, 5.41) is 4.09. The van der Waals surface area contributed by atoms with Crippen LogP contribution < -0.4 is 0 Å². The molecular formula is C17H20BrN3O2. The summed E-state index contributed by atoms with van der Waals surface area (Å²) in [5.41, 5.74) is 0.943. The van der Waals surface area contributed by atoms with E-state index in [9.17, 15) is 4.79 Å². The number of piperidine rings is 1. The molecule has 122 valence electrons. The van der Waals surface area contributed by atoms with Crippen LogP contribution in [-0.4, -0.2) is 34.0 Å². The Morgan fingerprint density at radius 1 is 1.30 bits per heavy atom. The SMILES string of the molecule is CCCC(=O)N1CCC(c2nc(-c3ccc(Br)cc3)no2)CC1. The van der Waals surface area contributed by atoms with E-state index < -0.39 is 0 Å². The lowest BCUT2D eigenvalue weighted by molar-refractivity contribution is -0.132. The van der Waals surface area contributed by atoms with E-state index in [1.807, 2.05) is 36.1 Å². The number of likely N-dealkylation sites (tertiary alicyclic amines) is 1. The van der Waals surface area contributed by atoms with E-state index in [-0.39, 0.29) is 11.8 Å². The van der Waals surface area contributed by atoms with Gasteiger partial charge in [-0.25, -0.2) is 0 Å². The third-order valence-corrected chi connectivity index (χ3v) is 4.73. The summed E-state index contributed by atoms with van der Waals surface area (Å²) in [6.07, 6.45) is 3.31. The molecule has 1 saturated heterocycles. The summed E-state index contributed by atoms with van der Waals surface area (Å²) < 4.78 is 6.48. The fourth-order valence-electron chi connectivity index (χ4n) is 2.87. The lowest BCUT2D eigenvalue weighted by Gasteiger charge is -2.30. The van der Waals surface area contributed by atoms with Crippen molar-refractivity contribution in [2.45, 2.75) is 38.5 Å². The van der Waals surface area contributed by atoms with Gasteiger partial charge in [0.1, 0.15) is 0 Å². The molecule has 0 radical (unpaired) electrons. The highest BCUT2D eigenvalue weighted by Gasteiger charge is 2.27. The molecule has 0 spiro atoms. The number of halogens is 1. The summed E-state index contributed by atoms with van der Waals surface area (Å²) in [4.78, 5) is 18.4. The fourth-order valence-corrected chi connectivity index (χ4v) is 3.13. The number of hydrogen-bond acceptors (Lipinski definition) is 4. The van der Waals surface area contributed by atoms with Crippen molar-refractivity contribution in [1.82, 2.24) is 15.0 Å². The van der Waals surface area contributed by atoms with Crippen LogP contribution in [0, 0.1) is 0 Å². The molecule has 1 fully saturated rings. The molecule has 0 N–H and O–H groups in total. The second-order valence-corrected chi connectivity index (χ2v) is 6.78. The lowest BCUT2D eigenvalue weighted by atomic mass is 9.96. The second kappa shape index (κ2) is 7.25. The Hall–Kier alpha value is -1.69. The van der Waals surface area contributed by atoms with Crippen LogP contribution in [0.4, 0.5) is 0 Å². The minimum atomic E-state index is 0.248. The predicted octanol–water partition coefficient (Wildman–Crippen LogP) is 4.01. The second-order valence-electron chi connectivity index (χ2n) is 5.87. The molecule has 5 nitrogen and oxygen atoms in total. The number of benzene rings is 1. The quantitative estimate of drug-likeness (QED) is 0.807. The molecule has 0 atom stereocenters. The van der Waals surface area contributed by atoms with Crippen LogP contribution in [0.5, 0.6) is 0 Å². The zero-order chi connectivity index (χ0) is 16.2. The number of carbonyl (C=O) groups is 1. The Kier molecular flexibility index (Phi) is 5.10. The van der Waals surface area contributed by atoms with Crippen molar-refractivity contribution in [3.8, 4) is 11.4 Å². The van der Waals surface area contributed by atoms with Gasteiger partial charge < -0.3 is 9.42 Å². The van der Waals surface area contributed by atoms with E-state index in [0.717, 1.165) is 42.4 Å². The van der Waals surface area contributed by atoms with Crippen molar-refractivity contribution in [2.24, 2.45) is 0 Å². The van der Waals surface area contributed by atoms with Crippen LogP contribution >= 0.6 is 15.9 Å². The van der Waals surface area contributed by atoms with Crippen LogP contribution in [-0.2, 0) is 4.79 Å². The van der Waals surface area contributed by atoms with Crippen LogP contribution in [0.15, 0.2) is 33.3 Å². The highest BCUT2D eigenvalue weighted by atomic mass is 79.9. The zero-order valence-electron chi connectivity index (χ0n) is 13.2. The van der Waals surface area contributed by atoms with Gasteiger partial charge in [-0.05, 0) is 43.5 Å². The Morgan fingerprint density at radius 2 is 2.00 bits per heavy atom. The maximum absolute atomic E-state index is 11.9. The van der Waals surface area contributed by atoms with Gasteiger partial charge in [-0.3, -0.25) is 4.79 Å². The van der Waals surface area contributed by atoms with Gasteiger partial charge in [0.2, 0.25) is 17.6 Å². The number of nitrogens with zero attached hydrogens (tertiary/aromatic N) is 3. The average Bonchev–Trinajstić information content (AvgIpc) is 3.06. The van der Waals surface area contributed by atoms with Gasteiger partial charge in [-0.1, -0.05) is 28.0 Å². The standard InChI is InChI=1S/C17H20BrN3O2/c1-2-3-15(22)21-10-8-13(9-11-21)17-19-16(20-23-17)12-4-6-14(18)7-5-12/h4-7,13H,2-3,8-11H2,1H3. The van der Waals surface area contributed by atoms with Crippen molar-refractivity contribution in [1.29, 1.82) is 0 Å². The molecule has 1 aliphatic rings. The average molecular weight is 378 g/mol. The first-order valence-corrected chi connectivity index (χ1v) is 8.84. The molecule has 2 aromatic rings. The fraction of sp³-hybridized carbons (Fsp3) is 0.471. The first-order valence-electron chi connectivity index (χ1n) is 8.04. The highest BCUT2D eigenvalue weighted by molar-refractivity contribution is 9.10. The van der Waals surface area contributed by atoms with E-state index in [1.165, 1.54) is 0 Å². The molecule has 1 amide bonds. The smallest absolute Gasteiger partial charge is 0.230 e. The van der Waals surface area contributed by atoms with Gasteiger partial charge in [0.05, 0.1) is 0 Å². The van der Waals surface area contributed by atoms with Crippen molar-refractivity contribution >= 4 is 21.8 Å². The number of carbonyl (C=O) groups excluding carboxylic acids is 1. The third kappa shape index (κ3) is 3.80. The minimum absolute atomic E-state index is 0.248. The van der Waals surface area contributed by atoms with E-state index in [4.69, 9.17) is 4.52 Å². The first-order chi connectivity index (χ1) is 11.2. The largest absolute Gasteiger partial charge is 0.343 e. The number of amides is 1. The molecule has 0 unspecified atom stereocenters. The van der Waals surface area contributed by atoms with Crippen LogP contribution in [0.2, 0.25) is 0 Å². The maximum atomic E-state index is 11.9. The van der Waals surface area contributed by atoms with E-state index in [0.29, 0.717) is 18.1 Å². The number of hydrogen-bond donors (Lipinski definition) is 0. The van der Waals surface area contributed by atoms with Crippen molar-refractivity contribution < 1.29 is 9.32 Å². The van der Waals surface area contributed by atoms with Crippen LogP contribution in [0.3, 0.4) is 0 Å². The maximum Gasteiger partial charge on any atom is 0.230 e. The van der Waals surface area contributed by atoms with Crippen molar-refractivity contribution in [3.05, 3.63) is 34.6 Å². The lowest BCUT2D eigenvalue weighted by Crippen LogP contribution is -2.37. The van der Waals surface area contributed by atoms with Crippen LogP contribution in [0.1, 0.15) is 44.4 Å². The molecule has 0 aliphatic carbocycles. The summed E-state index contributed by atoms with van der Waals surface area (Å²) in [7, 11) is 0. The molecule has 1 aromatic heterocycles. The monoisotopic (exact) mass is 377 g/mol. The Bertz CT molecular complexity index is 661. The van der Waals surface area contributed by atoms with Gasteiger partial charge in [0.25, 0.3) is 0 Å². The molecule has 23 heavy (non-hydrogen) atoms. The highest BCUT2D eigenvalue weighted by Crippen LogP contribution is 2.29. The van der Waals surface area contributed by atoms with Gasteiger partial charge in [0, 0.05) is 35.5 Å².